The summed E-state index contributed by atoms with van der Waals surface area (Å²) in [6.45, 7) is 0.765. The van der Waals surface area contributed by atoms with Crippen molar-refractivity contribution in [1.29, 1.82) is 0 Å². The fourth-order valence-corrected chi connectivity index (χ4v) is 4.23. The number of pyridine rings is 1. The number of halogens is 2. The third-order valence-electron chi connectivity index (χ3n) is 5.35. The van der Waals surface area contributed by atoms with Crippen LogP contribution in [-0.2, 0) is 6.54 Å². The molecule has 0 radical (unpaired) electrons. The van der Waals surface area contributed by atoms with Crippen LogP contribution < -0.4 is 16.1 Å². The molecule has 0 saturated heterocycles. The lowest BCUT2D eigenvalue weighted by atomic mass is 9.90. The second-order valence-corrected chi connectivity index (χ2v) is 8.24. The molecule has 1 saturated carbocycles. The van der Waals surface area contributed by atoms with E-state index in [0.29, 0.717) is 22.1 Å². The number of hydrogen-bond donors (Lipinski definition) is 3. The number of benzene rings is 2. The predicted molar refractivity (Wildman–Crippen MR) is 118 cm³/mol. The number of nitrogens with one attached hydrogen (secondary N) is 3. The van der Waals surface area contributed by atoms with Crippen LogP contribution in [0.1, 0.15) is 31.2 Å². The fraction of sp³-hybridized carbons (Fsp3) is 0.318. The Hall–Kier alpha value is -2.01. The summed E-state index contributed by atoms with van der Waals surface area (Å²) in [5.41, 5.74) is 2.04. The number of fused-ring (bicyclic) bond motifs is 1. The molecule has 146 valence electrons. The van der Waals surface area contributed by atoms with Gasteiger partial charge in [0.25, 0.3) is 0 Å². The summed E-state index contributed by atoms with van der Waals surface area (Å²) in [5, 5.41) is 9.04. The number of aromatic nitrogens is 1. The summed E-state index contributed by atoms with van der Waals surface area (Å²) in [7, 11) is 0. The quantitative estimate of drug-likeness (QED) is 0.526. The van der Waals surface area contributed by atoms with Crippen molar-refractivity contribution in [3.8, 4) is 0 Å². The van der Waals surface area contributed by atoms with Gasteiger partial charge < -0.3 is 15.6 Å². The Morgan fingerprint density at radius 3 is 2.68 bits per heavy atom. The summed E-state index contributed by atoms with van der Waals surface area (Å²) in [6, 6.07) is 15.8. The highest BCUT2D eigenvalue weighted by Gasteiger charge is 2.22. The number of anilines is 1. The van der Waals surface area contributed by atoms with Gasteiger partial charge in [-0.05, 0) is 55.5 Å². The first-order valence-corrected chi connectivity index (χ1v) is 10.4. The van der Waals surface area contributed by atoms with Gasteiger partial charge in [0, 0.05) is 30.1 Å². The van der Waals surface area contributed by atoms with Gasteiger partial charge in [0.15, 0.2) is 5.43 Å². The van der Waals surface area contributed by atoms with E-state index in [1.54, 1.807) is 6.07 Å². The third kappa shape index (κ3) is 4.52. The average Bonchev–Trinajstić information content (AvgIpc) is 2.69. The summed E-state index contributed by atoms with van der Waals surface area (Å²) >= 11 is 12.1. The highest BCUT2D eigenvalue weighted by atomic mass is 35.5. The average molecular weight is 416 g/mol. The monoisotopic (exact) mass is 415 g/mol. The minimum atomic E-state index is 0.0435. The predicted octanol–water partition coefficient (Wildman–Crippen LogP) is 5.35. The van der Waals surface area contributed by atoms with E-state index in [0.717, 1.165) is 54.5 Å². The van der Waals surface area contributed by atoms with Gasteiger partial charge in [0.2, 0.25) is 0 Å². The standard InChI is InChI=1S/C22H23Cl2N3O/c23-18-9-8-14(10-19(18)24)13-25-15-4-3-5-16(11-15)26-22-12-21(28)17-6-1-2-7-20(17)27-22/h1-2,6-10,12,15-16,25H,3-5,11,13H2,(H2,26,27,28)/t15-,16-/m1/s1. The van der Waals surface area contributed by atoms with Gasteiger partial charge in [0.1, 0.15) is 5.82 Å². The molecule has 0 aliphatic heterocycles. The lowest BCUT2D eigenvalue weighted by molar-refractivity contribution is 0.350. The van der Waals surface area contributed by atoms with E-state index in [2.05, 4.69) is 15.6 Å². The molecule has 4 rings (SSSR count). The van der Waals surface area contributed by atoms with Gasteiger partial charge >= 0.3 is 0 Å². The van der Waals surface area contributed by atoms with Gasteiger partial charge in [0.05, 0.1) is 15.6 Å². The molecule has 1 heterocycles. The maximum atomic E-state index is 12.3. The van der Waals surface area contributed by atoms with Crippen LogP contribution in [0.25, 0.3) is 10.9 Å². The molecule has 2 atom stereocenters. The number of rotatable bonds is 5. The van der Waals surface area contributed by atoms with Crippen LogP contribution in [0.2, 0.25) is 10.0 Å². The van der Waals surface area contributed by atoms with E-state index < -0.39 is 0 Å². The minimum Gasteiger partial charge on any atom is -0.369 e. The van der Waals surface area contributed by atoms with Gasteiger partial charge in [-0.15, -0.1) is 0 Å². The Bertz CT molecular complexity index is 1030. The Morgan fingerprint density at radius 1 is 1.00 bits per heavy atom. The molecule has 3 aromatic rings. The highest BCUT2D eigenvalue weighted by Crippen LogP contribution is 2.24. The lowest BCUT2D eigenvalue weighted by Crippen LogP contribution is -2.38. The molecule has 1 aliphatic carbocycles. The molecule has 1 fully saturated rings. The Kier molecular flexibility index (Phi) is 5.90. The van der Waals surface area contributed by atoms with Crippen LogP contribution >= 0.6 is 23.2 Å². The first-order chi connectivity index (χ1) is 13.6. The van der Waals surface area contributed by atoms with Gasteiger partial charge in [-0.3, -0.25) is 4.79 Å². The van der Waals surface area contributed by atoms with Crippen molar-refractivity contribution in [2.45, 2.75) is 44.3 Å². The van der Waals surface area contributed by atoms with Crippen LogP contribution in [0.15, 0.2) is 53.3 Å². The van der Waals surface area contributed by atoms with E-state index in [4.69, 9.17) is 23.2 Å². The molecule has 4 nitrogen and oxygen atoms in total. The maximum Gasteiger partial charge on any atom is 0.191 e. The van der Waals surface area contributed by atoms with E-state index in [1.165, 1.54) is 0 Å². The number of para-hydroxylation sites is 1. The number of H-pyrrole nitrogens is 1. The van der Waals surface area contributed by atoms with E-state index in [-0.39, 0.29) is 5.43 Å². The SMILES string of the molecule is O=c1cc(N[C@@H]2CCC[C@@H](NCc3ccc(Cl)c(Cl)c3)C2)[nH]c2ccccc12. The molecule has 0 unspecified atom stereocenters. The lowest BCUT2D eigenvalue weighted by Gasteiger charge is -2.31. The van der Waals surface area contributed by atoms with E-state index in [1.807, 2.05) is 42.5 Å². The summed E-state index contributed by atoms with van der Waals surface area (Å²) in [4.78, 5) is 15.7. The van der Waals surface area contributed by atoms with Crippen molar-refractivity contribution in [2.75, 3.05) is 5.32 Å². The summed E-state index contributed by atoms with van der Waals surface area (Å²) < 4.78 is 0. The molecular weight excluding hydrogens is 393 g/mol. The molecule has 0 amide bonds. The molecule has 3 N–H and O–H groups in total. The fourth-order valence-electron chi connectivity index (χ4n) is 3.91. The number of hydrogen-bond acceptors (Lipinski definition) is 3. The Labute approximate surface area is 174 Å². The molecule has 2 aromatic carbocycles. The van der Waals surface area contributed by atoms with Crippen LogP contribution in [0.4, 0.5) is 5.82 Å². The summed E-state index contributed by atoms with van der Waals surface area (Å²) in [6.07, 6.45) is 4.40. The molecular formula is C22H23Cl2N3O. The topological polar surface area (TPSA) is 56.9 Å². The van der Waals surface area contributed by atoms with Crippen molar-refractivity contribution in [2.24, 2.45) is 0 Å². The van der Waals surface area contributed by atoms with Crippen molar-refractivity contribution < 1.29 is 0 Å². The minimum absolute atomic E-state index is 0.0435. The Morgan fingerprint density at radius 2 is 1.82 bits per heavy atom. The normalized spacial score (nSPS) is 19.6. The maximum absolute atomic E-state index is 12.3. The first kappa shape index (κ1) is 19.3. The van der Waals surface area contributed by atoms with Crippen LogP contribution in [0, 0.1) is 0 Å². The molecule has 6 heteroatoms. The molecule has 0 bridgehead atoms. The van der Waals surface area contributed by atoms with Gasteiger partial charge in [-0.2, -0.15) is 0 Å². The zero-order valence-corrected chi connectivity index (χ0v) is 17.0. The summed E-state index contributed by atoms with van der Waals surface area (Å²) in [5.74, 6) is 0.791. The molecule has 1 aliphatic rings. The van der Waals surface area contributed by atoms with Crippen LogP contribution in [-0.4, -0.2) is 17.1 Å². The van der Waals surface area contributed by atoms with Gasteiger partial charge in [-0.25, -0.2) is 0 Å². The second-order valence-electron chi connectivity index (χ2n) is 7.43. The van der Waals surface area contributed by atoms with Crippen molar-refractivity contribution in [1.82, 2.24) is 10.3 Å². The Balaban J connectivity index is 1.38. The largest absolute Gasteiger partial charge is 0.369 e. The molecule has 28 heavy (non-hydrogen) atoms. The molecule has 1 aromatic heterocycles. The smallest absolute Gasteiger partial charge is 0.191 e. The highest BCUT2D eigenvalue weighted by molar-refractivity contribution is 6.42. The van der Waals surface area contributed by atoms with E-state index >= 15 is 0 Å². The second kappa shape index (κ2) is 8.56. The zero-order chi connectivity index (χ0) is 19.5. The van der Waals surface area contributed by atoms with Gasteiger partial charge in [-0.1, -0.05) is 41.4 Å². The number of aromatic amines is 1. The van der Waals surface area contributed by atoms with Crippen molar-refractivity contribution >= 4 is 39.9 Å². The van der Waals surface area contributed by atoms with Crippen molar-refractivity contribution in [3.05, 3.63) is 74.4 Å². The van der Waals surface area contributed by atoms with E-state index in [9.17, 15) is 4.79 Å². The van der Waals surface area contributed by atoms with Crippen LogP contribution in [0.3, 0.4) is 0 Å². The third-order valence-corrected chi connectivity index (χ3v) is 6.09. The first-order valence-electron chi connectivity index (χ1n) is 9.64. The van der Waals surface area contributed by atoms with Crippen LogP contribution in [0.5, 0.6) is 0 Å². The zero-order valence-electron chi connectivity index (χ0n) is 15.5. The molecule has 0 spiro atoms. The van der Waals surface area contributed by atoms with Crippen molar-refractivity contribution in [3.63, 3.8) is 0 Å².